The average Bonchev–Trinajstić information content (AvgIpc) is 3.13. The van der Waals surface area contributed by atoms with Gasteiger partial charge in [0.2, 0.25) is 0 Å². The van der Waals surface area contributed by atoms with Crippen LogP contribution in [-0.2, 0) is 13.6 Å². The molecule has 1 saturated heterocycles. The van der Waals surface area contributed by atoms with Crippen LogP contribution >= 0.6 is 0 Å². The molecule has 6 nitrogen and oxygen atoms in total. The number of halogens is 3. The fourth-order valence-electron chi connectivity index (χ4n) is 3.67. The topological polar surface area (TPSA) is 48.7 Å². The average molecular weight is 388 g/mol. The van der Waals surface area contributed by atoms with E-state index in [0.717, 1.165) is 42.4 Å². The first-order valence-corrected chi connectivity index (χ1v) is 9.38. The molecule has 0 spiro atoms. The molecular weight excluding hydrogens is 357 g/mol. The summed E-state index contributed by atoms with van der Waals surface area (Å²) in [5.41, 5.74) is 3.25. The zero-order valence-corrected chi connectivity index (χ0v) is 16.9. The first-order chi connectivity index (χ1) is 12.6. The van der Waals surface area contributed by atoms with E-state index in [0.29, 0.717) is 19.6 Å². The number of hydrogen-bond acceptors (Lipinski definition) is 3. The van der Waals surface area contributed by atoms with Crippen LogP contribution in [0.3, 0.4) is 0 Å². The van der Waals surface area contributed by atoms with Gasteiger partial charge in [-0.1, -0.05) is 6.92 Å². The van der Waals surface area contributed by atoms with Gasteiger partial charge < -0.3 is 10.2 Å². The molecule has 27 heavy (non-hydrogen) atoms. The molecule has 0 radical (unpaired) electrons. The summed E-state index contributed by atoms with van der Waals surface area (Å²) in [6.07, 6.45) is -3.27. The molecule has 0 aliphatic carbocycles. The Kier molecular flexibility index (Phi) is 7.13. The van der Waals surface area contributed by atoms with Gasteiger partial charge in [0.05, 0.1) is 12.2 Å². The third-order valence-corrected chi connectivity index (χ3v) is 5.25. The van der Waals surface area contributed by atoms with Gasteiger partial charge in [-0.25, -0.2) is 0 Å². The molecule has 2 heterocycles. The van der Waals surface area contributed by atoms with Crippen LogP contribution in [0.2, 0.25) is 0 Å². The van der Waals surface area contributed by atoms with Crippen LogP contribution in [0.5, 0.6) is 0 Å². The first kappa shape index (κ1) is 21.5. The van der Waals surface area contributed by atoms with Crippen molar-refractivity contribution < 1.29 is 13.2 Å². The second kappa shape index (κ2) is 8.95. The third kappa shape index (κ3) is 5.85. The quantitative estimate of drug-likeness (QED) is 0.600. The minimum atomic E-state index is -4.15. The largest absolute Gasteiger partial charge is 0.401 e. The lowest BCUT2D eigenvalue weighted by Crippen LogP contribution is -2.41. The normalized spacial score (nSPS) is 18.6. The van der Waals surface area contributed by atoms with Crippen LogP contribution in [0.1, 0.15) is 30.3 Å². The summed E-state index contributed by atoms with van der Waals surface area (Å²) in [4.78, 5) is 7.97. The van der Waals surface area contributed by atoms with Crippen molar-refractivity contribution in [1.82, 2.24) is 24.9 Å². The van der Waals surface area contributed by atoms with Crippen LogP contribution in [0.4, 0.5) is 13.2 Å². The summed E-state index contributed by atoms with van der Waals surface area (Å²) < 4.78 is 39.9. The third-order valence-electron chi connectivity index (χ3n) is 5.25. The molecular formula is C18H31F3N6. The van der Waals surface area contributed by atoms with Crippen molar-refractivity contribution in [2.45, 2.75) is 39.9 Å². The van der Waals surface area contributed by atoms with Gasteiger partial charge in [0.25, 0.3) is 0 Å². The molecule has 0 bridgehead atoms. The Morgan fingerprint density at radius 3 is 2.59 bits per heavy atom. The SMILES string of the molecule is CCN(CC1CCN(C(=NC)NCc2c(C)nn(C)c2C)C1)CC(F)(F)F. The van der Waals surface area contributed by atoms with Gasteiger partial charge in [-0.05, 0) is 32.7 Å². The van der Waals surface area contributed by atoms with Crippen LogP contribution < -0.4 is 5.32 Å². The van der Waals surface area contributed by atoms with Gasteiger partial charge in [-0.15, -0.1) is 0 Å². The van der Waals surface area contributed by atoms with Crippen molar-refractivity contribution in [1.29, 1.82) is 0 Å². The zero-order valence-electron chi connectivity index (χ0n) is 16.9. The number of rotatable bonds is 6. The van der Waals surface area contributed by atoms with Crippen molar-refractivity contribution in [2.24, 2.45) is 18.0 Å². The number of aliphatic imine (C=N–C) groups is 1. The Labute approximate surface area is 159 Å². The van der Waals surface area contributed by atoms with Gasteiger partial charge in [-0.2, -0.15) is 18.3 Å². The maximum Gasteiger partial charge on any atom is 0.401 e. The van der Waals surface area contributed by atoms with Gasteiger partial charge in [0.15, 0.2) is 5.96 Å². The standard InChI is InChI=1S/C18H31F3N6/c1-6-26(12-18(19,20)21)10-15-7-8-27(11-15)17(22-4)23-9-16-13(2)24-25(5)14(16)3/h15H,6-12H2,1-5H3,(H,22,23). The van der Waals surface area contributed by atoms with E-state index in [4.69, 9.17) is 0 Å². The maximum absolute atomic E-state index is 12.7. The van der Waals surface area contributed by atoms with E-state index in [9.17, 15) is 13.2 Å². The lowest BCUT2D eigenvalue weighted by atomic mass is 10.1. The van der Waals surface area contributed by atoms with Crippen molar-refractivity contribution in [3.05, 3.63) is 17.0 Å². The Morgan fingerprint density at radius 2 is 2.07 bits per heavy atom. The highest BCUT2D eigenvalue weighted by Crippen LogP contribution is 2.21. The smallest absolute Gasteiger partial charge is 0.352 e. The fourth-order valence-corrected chi connectivity index (χ4v) is 3.67. The lowest BCUT2D eigenvalue weighted by molar-refractivity contribution is -0.146. The number of aromatic nitrogens is 2. The highest BCUT2D eigenvalue weighted by Gasteiger charge is 2.33. The minimum absolute atomic E-state index is 0.215. The second-order valence-electron chi connectivity index (χ2n) is 7.22. The molecule has 1 aromatic rings. The molecule has 1 N–H and O–H groups in total. The monoisotopic (exact) mass is 388 g/mol. The summed E-state index contributed by atoms with van der Waals surface area (Å²) in [6, 6.07) is 0. The van der Waals surface area contributed by atoms with E-state index >= 15 is 0 Å². The Hall–Kier alpha value is -1.77. The predicted molar refractivity (Wildman–Crippen MR) is 101 cm³/mol. The van der Waals surface area contributed by atoms with Gasteiger partial charge in [0, 0.05) is 51.5 Å². The van der Waals surface area contributed by atoms with Gasteiger partial charge in [-0.3, -0.25) is 14.6 Å². The molecule has 1 unspecified atom stereocenters. The van der Waals surface area contributed by atoms with Crippen molar-refractivity contribution >= 4 is 5.96 Å². The molecule has 0 amide bonds. The molecule has 0 saturated carbocycles. The van der Waals surface area contributed by atoms with Crippen molar-refractivity contribution in [2.75, 3.05) is 39.8 Å². The lowest BCUT2D eigenvalue weighted by Gasteiger charge is -2.26. The van der Waals surface area contributed by atoms with Crippen molar-refractivity contribution in [3.63, 3.8) is 0 Å². The van der Waals surface area contributed by atoms with E-state index in [1.807, 2.05) is 25.6 Å². The Balaban J connectivity index is 1.90. The number of hydrogen-bond donors (Lipinski definition) is 1. The Bertz CT molecular complexity index is 652. The summed E-state index contributed by atoms with van der Waals surface area (Å²) in [6.45, 7) is 7.98. The summed E-state index contributed by atoms with van der Waals surface area (Å²) in [7, 11) is 3.66. The molecule has 0 aromatic carbocycles. The Morgan fingerprint density at radius 1 is 1.37 bits per heavy atom. The van der Waals surface area contributed by atoms with Crippen LogP contribution in [0.15, 0.2) is 4.99 Å². The van der Waals surface area contributed by atoms with Crippen LogP contribution in [0.25, 0.3) is 0 Å². The fraction of sp³-hybridized carbons (Fsp3) is 0.778. The molecule has 154 valence electrons. The van der Waals surface area contributed by atoms with Gasteiger partial charge in [0.1, 0.15) is 0 Å². The number of aryl methyl sites for hydroxylation is 2. The highest BCUT2D eigenvalue weighted by atomic mass is 19.4. The second-order valence-corrected chi connectivity index (χ2v) is 7.22. The van der Waals surface area contributed by atoms with E-state index in [1.165, 1.54) is 4.90 Å². The predicted octanol–water partition coefficient (Wildman–Crippen LogP) is 2.32. The number of likely N-dealkylation sites (tertiary alicyclic amines) is 1. The summed E-state index contributed by atoms with van der Waals surface area (Å²) in [5, 5.41) is 7.80. The van der Waals surface area contributed by atoms with E-state index in [2.05, 4.69) is 20.3 Å². The first-order valence-electron chi connectivity index (χ1n) is 9.38. The van der Waals surface area contributed by atoms with E-state index in [-0.39, 0.29) is 5.92 Å². The summed E-state index contributed by atoms with van der Waals surface area (Å²) >= 11 is 0. The molecule has 1 aliphatic rings. The van der Waals surface area contributed by atoms with E-state index in [1.54, 1.807) is 14.0 Å². The molecule has 2 rings (SSSR count). The van der Waals surface area contributed by atoms with Gasteiger partial charge >= 0.3 is 6.18 Å². The molecule has 1 fully saturated rings. The van der Waals surface area contributed by atoms with Crippen molar-refractivity contribution in [3.8, 4) is 0 Å². The highest BCUT2D eigenvalue weighted by molar-refractivity contribution is 5.80. The number of nitrogens with one attached hydrogen (secondary N) is 1. The van der Waals surface area contributed by atoms with Crippen LogP contribution in [-0.4, -0.2) is 71.5 Å². The number of alkyl halides is 3. The molecule has 1 atom stereocenters. The number of guanidine groups is 1. The molecule has 1 aliphatic heterocycles. The molecule has 9 heteroatoms. The van der Waals surface area contributed by atoms with Crippen LogP contribution in [0, 0.1) is 19.8 Å². The number of nitrogens with zero attached hydrogens (tertiary/aromatic N) is 5. The minimum Gasteiger partial charge on any atom is -0.352 e. The maximum atomic E-state index is 12.7. The molecule has 1 aromatic heterocycles. The van der Waals surface area contributed by atoms with E-state index < -0.39 is 12.7 Å². The summed E-state index contributed by atoms with van der Waals surface area (Å²) in [5.74, 6) is 1.01. The zero-order chi connectivity index (χ0) is 20.2.